The van der Waals surface area contributed by atoms with Gasteiger partial charge in [0.15, 0.2) is 11.9 Å². The van der Waals surface area contributed by atoms with Crippen LogP contribution >= 0.6 is 0 Å². The lowest BCUT2D eigenvalue weighted by atomic mass is 9.91. The summed E-state index contributed by atoms with van der Waals surface area (Å²) in [5, 5.41) is 17.2. The molecule has 0 saturated carbocycles. The quantitative estimate of drug-likeness (QED) is 0.125. The van der Waals surface area contributed by atoms with Gasteiger partial charge in [-0.25, -0.2) is 14.8 Å². The monoisotopic (exact) mass is 577 g/mol. The summed E-state index contributed by atoms with van der Waals surface area (Å²) in [7, 11) is 0. The van der Waals surface area contributed by atoms with Crippen LogP contribution < -0.4 is 27.4 Å². The van der Waals surface area contributed by atoms with Gasteiger partial charge >= 0.3 is 6.03 Å². The Balaban J connectivity index is 1.28. The van der Waals surface area contributed by atoms with Gasteiger partial charge in [-0.1, -0.05) is 97.1 Å². The number of aliphatic imine (C=N–C) groups is 2. The lowest BCUT2D eigenvalue weighted by Gasteiger charge is -2.18. The first-order valence-corrected chi connectivity index (χ1v) is 13.8. The number of rotatable bonds is 10. The predicted molar refractivity (Wildman–Crippen MR) is 168 cm³/mol. The molecule has 0 radical (unpaired) electrons. The maximum atomic E-state index is 13.3. The van der Waals surface area contributed by atoms with Crippen molar-refractivity contribution in [3.63, 3.8) is 0 Å². The highest BCUT2D eigenvalue weighted by Crippen LogP contribution is 2.21. The van der Waals surface area contributed by atoms with Crippen LogP contribution in [0.5, 0.6) is 5.75 Å². The molecule has 4 aromatic carbocycles. The second-order valence-electron chi connectivity index (χ2n) is 9.84. The summed E-state index contributed by atoms with van der Waals surface area (Å²) in [6.45, 7) is 0.805. The van der Waals surface area contributed by atoms with Crippen molar-refractivity contribution in [3.05, 3.63) is 137 Å². The molecule has 0 aliphatic rings. The third kappa shape index (κ3) is 10.0. The van der Waals surface area contributed by atoms with E-state index in [-0.39, 0.29) is 42.6 Å². The first-order chi connectivity index (χ1) is 20.9. The smallest absolute Gasteiger partial charge is 0.328 e. The summed E-state index contributed by atoms with van der Waals surface area (Å²) in [6.07, 6.45) is 0.598. The van der Waals surface area contributed by atoms with Crippen molar-refractivity contribution in [2.75, 3.05) is 0 Å². The van der Waals surface area contributed by atoms with Gasteiger partial charge in [0.25, 0.3) is 0 Å². The van der Waals surface area contributed by atoms with E-state index in [1.165, 1.54) is 0 Å². The molecule has 220 valence electrons. The van der Waals surface area contributed by atoms with Crippen LogP contribution in [0.3, 0.4) is 0 Å². The Labute approximate surface area is 250 Å². The lowest BCUT2D eigenvalue weighted by Crippen LogP contribution is -2.48. The molecule has 0 aliphatic carbocycles. The van der Waals surface area contributed by atoms with Crippen molar-refractivity contribution in [2.24, 2.45) is 21.5 Å². The number of aromatic hydroxyl groups is 1. The summed E-state index contributed by atoms with van der Waals surface area (Å²) in [4.78, 5) is 33.8. The van der Waals surface area contributed by atoms with Gasteiger partial charge in [-0.2, -0.15) is 0 Å². The molecule has 43 heavy (non-hydrogen) atoms. The van der Waals surface area contributed by atoms with E-state index in [1.54, 1.807) is 24.3 Å². The van der Waals surface area contributed by atoms with E-state index in [0.717, 1.165) is 27.8 Å². The number of phenolic OH excluding ortho intramolecular Hbond substituents is 1. The maximum Gasteiger partial charge on any atom is 0.328 e. The number of hydrogen-bond donors (Lipinski definition) is 6. The molecule has 0 saturated heterocycles. The number of carbonyl (C=O) groups is 2. The summed E-state index contributed by atoms with van der Waals surface area (Å²) < 4.78 is 0. The largest absolute Gasteiger partial charge is 0.508 e. The van der Waals surface area contributed by atoms with Crippen LogP contribution in [0.15, 0.2) is 119 Å². The van der Waals surface area contributed by atoms with Crippen LogP contribution in [-0.2, 0) is 30.8 Å². The molecule has 0 fully saturated rings. The van der Waals surface area contributed by atoms with Gasteiger partial charge < -0.3 is 21.9 Å². The second kappa shape index (κ2) is 15.4. The fraction of sp³-hybridized carbons (Fsp3) is 0.152. The molecule has 0 aliphatic heterocycles. The van der Waals surface area contributed by atoms with Crippen molar-refractivity contribution in [1.29, 1.82) is 0 Å². The number of carbonyl (C=O) groups excluding carboxylic acids is 2. The molecule has 10 heteroatoms. The molecule has 0 aromatic heterocycles. The number of guanidine groups is 2. The van der Waals surface area contributed by atoms with Gasteiger partial charge in [-0.05, 0) is 46.4 Å². The average Bonchev–Trinajstić information content (AvgIpc) is 3.02. The van der Waals surface area contributed by atoms with E-state index < -0.39 is 6.03 Å². The highest BCUT2D eigenvalue weighted by atomic mass is 16.3. The first-order valence-electron chi connectivity index (χ1n) is 13.8. The van der Waals surface area contributed by atoms with Crippen LogP contribution in [0.1, 0.15) is 33.7 Å². The number of nitrogens with two attached hydrogens (primary N) is 2. The fourth-order valence-corrected chi connectivity index (χ4v) is 4.34. The molecule has 0 heterocycles. The van der Waals surface area contributed by atoms with E-state index >= 15 is 0 Å². The van der Waals surface area contributed by atoms with Gasteiger partial charge in [-0.15, -0.1) is 0 Å². The normalized spacial score (nSPS) is 12.3. The lowest BCUT2D eigenvalue weighted by molar-refractivity contribution is -0.122. The van der Waals surface area contributed by atoms with Gasteiger partial charge in [-0.3, -0.25) is 15.4 Å². The molecule has 3 amide bonds. The third-order valence-electron chi connectivity index (χ3n) is 6.54. The average molecular weight is 578 g/mol. The highest BCUT2D eigenvalue weighted by Gasteiger charge is 2.21. The van der Waals surface area contributed by atoms with Gasteiger partial charge in [0.1, 0.15) is 5.75 Å². The number of nitrogens with zero attached hydrogens (tertiary/aromatic N) is 2. The van der Waals surface area contributed by atoms with Gasteiger partial charge in [0.2, 0.25) is 5.91 Å². The molecule has 0 bridgehead atoms. The Bertz CT molecular complexity index is 1560. The molecule has 1 atom stereocenters. The predicted octanol–water partition coefficient (Wildman–Crippen LogP) is 3.66. The Morgan fingerprint density at radius 3 is 1.88 bits per heavy atom. The Morgan fingerprint density at radius 1 is 0.674 bits per heavy atom. The summed E-state index contributed by atoms with van der Waals surface area (Å²) in [6, 6.07) is 33.2. The Hall–Kier alpha value is -5.64. The highest BCUT2D eigenvalue weighted by molar-refractivity contribution is 6.03. The number of amides is 3. The zero-order chi connectivity index (χ0) is 30.4. The number of benzene rings is 4. The van der Waals surface area contributed by atoms with Crippen LogP contribution in [0.2, 0.25) is 0 Å². The number of hydrogen-bond acceptors (Lipinski definition) is 5. The zero-order valence-electron chi connectivity index (χ0n) is 23.6. The first kappa shape index (κ1) is 30.3. The molecule has 4 aromatic rings. The molecular weight excluding hydrogens is 542 g/mol. The molecule has 8 N–H and O–H groups in total. The van der Waals surface area contributed by atoms with E-state index in [2.05, 4.69) is 25.9 Å². The SMILES string of the molecule is NC(=NCc1ccc(O)cc1)NC(=O)NC(N)=NCc1cccc(CNC(=O)C(Cc2ccccc2)c2ccccc2)c1. The second-order valence-corrected chi connectivity index (χ2v) is 9.84. The molecule has 0 spiro atoms. The third-order valence-corrected chi connectivity index (χ3v) is 6.54. The van der Waals surface area contributed by atoms with Crippen molar-refractivity contribution in [1.82, 2.24) is 16.0 Å². The van der Waals surface area contributed by atoms with Gasteiger partial charge in [0.05, 0.1) is 19.0 Å². The summed E-state index contributed by atoms with van der Waals surface area (Å²) >= 11 is 0. The number of urea groups is 1. The van der Waals surface area contributed by atoms with E-state index in [0.29, 0.717) is 13.0 Å². The summed E-state index contributed by atoms with van der Waals surface area (Å²) in [5.41, 5.74) is 16.3. The minimum Gasteiger partial charge on any atom is -0.508 e. The van der Waals surface area contributed by atoms with E-state index in [4.69, 9.17) is 11.5 Å². The van der Waals surface area contributed by atoms with Crippen molar-refractivity contribution in [3.8, 4) is 5.75 Å². The standard InChI is InChI=1S/C33H35N7O3/c34-31(37-20-24-14-16-28(41)17-15-24)39-33(43)40-32(35)38-22-26-11-7-10-25(18-26)21-36-30(42)29(27-12-5-2-6-13-27)19-23-8-3-1-4-9-23/h1-18,29,41H,19-22H2,(H,36,42)(H6,34,35,37,38,39,40,43). The molecular formula is C33H35N7O3. The molecule has 10 nitrogen and oxygen atoms in total. The zero-order valence-corrected chi connectivity index (χ0v) is 23.6. The van der Waals surface area contributed by atoms with E-state index in [9.17, 15) is 14.7 Å². The molecule has 4 rings (SSSR count). The topological polar surface area (TPSA) is 167 Å². The van der Waals surface area contributed by atoms with Gasteiger partial charge in [0, 0.05) is 6.54 Å². The maximum absolute atomic E-state index is 13.3. The minimum absolute atomic E-state index is 0.0520. The van der Waals surface area contributed by atoms with Crippen LogP contribution in [0.4, 0.5) is 4.79 Å². The van der Waals surface area contributed by atoms with Crippen molar-refractivity contribution < 1.29 is 14.7 Å². The summed E-state index contributed by atoms with van der Waals surface area (Å²) in [5.74, 6) is -0.400. The van der Waals surface area contributed by atoms with Crippen molar-refractivity contribution in [2.45, 2.75) is 32.0 Å². The Morgan fingerprint density at radius 2 is 1.23 bits per heavy atom. The number of phenols is 1. The molecule has 1 unspecified atom stereocenters. The Kier molecular flexibility index (Phi) is 10.8. The van der Waals surface area contributed by atoms with Crippen molar-refractivity contribution >= 4 is 23.9 Å². The van der Waals surface area contributed by atoms with Crippen LogP contribution in [-0.4, -0.2) is 29.0 Å². The van der Waals surface area contributed by atoms with Crippen LogP contribution in [0.25, 0.3) is 0 Å². The fourth-order valence-electron chi connectivity index (χ4n) is 4.34. The van der Waals surface area contributed by atoms with E-state index in [1.807, 2.05) is 84.9 Å². The number of nitrogens with one attached hydrogen (secondary N) is 3. The van der Waals surface area contributed by atoms with Crippen LogP contribution in [0, 0.1) is 0 Å². The minimum atomic E-state index is -0.673.